The molecular formula is C27H31N7O2. The van der Waals surface area contributed by atoms with Crippen LogP contribution in [0.25, 0.3) is 10.9 Å². The van der Waals surface area contributed by atoms with Gasteiger partial charge in [-0.25, -0.2) is 4.98 Å². The van der Waals surface area contributed by atoms with Crippen LogP contribution in [0.4, 0.5) is 11.6 Å². The Morgan fingerprint density at radius 1 is 0.944 bits per heavy atom. The minimum absolute atomic E-state index is 0.0707. The predicted molar refractivity (Wildman–Crippen MR) is 141 cm³/mol. The summed E-state index contributed by atoms with van der Waals surface area (Å²) in [6.07, 6.45) is 1.82. The Morgan fingerprint density at radius 2 is 1.69 bits per heavy atom. The maximum absolute atomic E-state index is 12.6. The molecule has 1 saturated heterocycles. The van der Waals surface area contributed by atoms with E-state index >= 15 is 0 Å². The molecule has 9 nitrogen and oxygen atoms in total. The van der Waals surface area contributed by atoms with Gasteiger partial charge < -0.3 is 24.0 Å². The Hall–Kier alpha value is -4.14. The molecule has 36 heavy (non-hydrogen) atoms. The molecular weight excluding hydrogens is 454 g/mol. The standard InChI is InChI=1S/C27H31N7O2/c1-21-19-22-7-3-4-8-23(22)34(21)18-13-31(2)27(35)20-36-26-11-10-25(29-30-26)33-16-14-32(15-17-33)24-9-5-6-12-28-24/h3-12,19H,13-18,20H2,1-2H3. The van der Waals surface area contributed by atoms with Gasteiger partial charge in [0, 0.05) is 69.8 Å². The van der Waals surface area contributed by atoms with Gasteiger partial charge in [-0.15, -0.1) is 10.2 Å². The first-order valence-corrected chi connectivity index (χ1v) is 12.2. The third-order valence-electron chi connectivity index (χ3n) is 6.65. The maximum Gasteiger partial charge on any atom is 0.260 e. The number of amides is 1. The Balaban J connectivity index is 1.09. The number of likely N-dealkylation sites (N-methyl/N-ethyl adjacent to an activating group) is 1. The molecule has 1 aromatic carbocycles. The molecule has 1 aliphatic rings. The fourth-order valence-electron chi connectivity index (χ4n) is 4.53. The lowest BCUT2D eigenvalue weighted by Gasteiger charge is -2.35. The van der Waals surface area contributed by atoms with E-state index < -0.39 is 0 Å². The van der Waals surface area contributed by atoms with Crippen LogP contribution in [0.15, 0.2) is 66.9 Å². The molecule has 0 unspecified atom stereocenters. The van der Waals surface area contributed by atoms with Gasteiger partial charge in [-0.3, -0.25) is 4.79 Å². The molecule has 0 spiro atoms. The average molecular weight is 486 g/mol. The zero-order valence-electron chi connectivity index (χ0n) is 20.7. The number of hydrogen-bond donors (Lipinski definition) is 0. The second-order valence-corrected chi connectivity index (χ2v) is 8.99. The van der Waals surface area contributed by atoms with Crippen LogP contribution in [0.5, 0.6) is 5.88 Å². The van der Waals surface area contributed by atoms with Crippen molar-refractivity contribution in [1.82, 2.24) is 24.6 Å². The van der Waals surface area contributed by atoms with Crippen molar-refractivity contribution in [2.45, 2.75) is 13.5 Å². The number of aryl methyl sites for hydroxylation is 1. The number of nitrogens with zero attached hydrogens (tertiary/aromatic N) is 7. The van der Waals surface area contributed by atoms with Gasteiger partial charge in [-0.1, -0.05) is 24.3 Å². The number of aromatic nitrogens is 4. The number of pyridine rings is 1. The van der Waals surface area contributed by atoms with Gasteiger partial charge in [0.2, 0.25) is 5.88 Å². The van der Waals surface area contributed by atoms with E-state index in [0.717, 1.165) is 44.4 Å². The molecule has 0 saturated carbocycles. The van der Waals surface area contributed by atoms with Gasteiger partial charge in [-0.05, 0) is 42.6 Å². The fraction of sp³-hybridized carbons (Fsp3) is 0.333. The highest BCUT2D eigenvalue weighted by Gasteiger charge is 2.19. The number of carbonyl (C=O) groups is 1. The highest BCUT2D eigenvalue weighted by Crippen LogP contribution is 2.20. The minimum atomic E-state index is -0.0966. The van der Waals surface area contributed by atoms with Gasteiger partial charge in [0.15, 0.2) is 12.4 Å². The number of ether oxygens (including phenoxy) is 1. The minimum Gasteiger partial charge on any atom is -0.466 e. The molecule has 1 amide bonds. The summed E-state index contributed by atoms with van der Waals surface area (Å²) >= 11 is 0. The fourth-order valence-corrected chi connectivity index (χ4v) is 4.53. The van der Waals surface area contributed by atoms with Crippen LogP contribution in [-0.4, -0.2) is 76.9 Å². The number of rotatable bonds is 8. The first-order valence-electron chi connectivity index (χ1n) is 12.2. The number of piperazine rings is 1. The summed E-state index contributed by atoms with van der Waals surface area (Å²) in [6, 6.07) is 20.1. The van der Waals surface area contributed by atoms with Crippen molar-refractivity contribution in [2.24, 2.45) is 0 Å². The van der Waals surface area contributed by atoms with E-state index in [1.165, 1.54) is 16.6 Å². The molecule has 4 aromatic rings. The lowest BCUT2D eigenvalue weighted by molar-refractivity contribution is -0.132. The maximum atomic E-state index is 12.6. The van der Waals surface area contributed by atoms with E-state index in [-0.39, 0.29) is 12.5 Å². The van der Waals surface area contributed by atoms with Gasteiger partial charge in [0.25, 0.3) is 5.91 Å². The number of fused-ring (bicyclic) bond motifs is 1. The quantitative estimate of drug-likeness (QED) is 0.380. The summed E-state index contributed by atoms with van der Waals surface area (Å²) in [5, 5.41) is 9.71. The summed E-state index contributed by atoms with van der Waals surface area (Å²) in [5.74, 6) is 2.06. The summed E-state index contributed by atoms with van der Waals surface area (Å²) in [5.41, 5.74) is 2.36. The van der Waals surface area contributed by atoms with Crippen molar-refractivity contribution in [3.8, 4) is 5.88 Å². The molecule has 3 aromatic heterocycles. The monoisotopic (exact) mass is 485 g/mol. The Kier molecular flexibility index (Phi) is 6.97. The molecule has 186 valence electrons. The van der Waals surface area contributed by atoms with Gasteiger partial charge >= 0.3 is 0 Å². The SMILES string of the molecule is Cc1cc2ccccc2n1CCN(C)C(=O)COc1ccc(N2CCN(c3ccccn3)CC2)nn1. The van der Waals surface area contributed by atoms with E-state index in [4.69, 9.17) is 4.74 Å². The predicted octanol–water partition coefficient (Wildman–Crippen LogP) is 3.00. The Bertz CT molecular complexity index is 1300. The molecule has 0 aliphatic carbocycles. The number of hydrogen-bond acceptors (Lipinski definition) is 7. The van der Waals surface area contributed by atoms with E-state index in [2.05, 4.69) is 54.7 Å². The van der Waals surface area contributed by atoms with Gasteiger partial charge in [0.05, 0.1) is 0 Å². The van der Waals surface area contributed by atoms with Crippen LogP contribution in [0.3, 0.4) is 0 Å². The average Bonchev–Trinajstić information content (AvgIpc) is 3.26. The molecule has 0 radical (unpaired) electrons. The molecule has 9 heteroatoms. The van der Waals surface area contributed by atoms with Gasteiger partial charge in [-0.2, -0.15) is 0 Å². The third kappa shape index (κ3) is 5.25. The van der Waals surface area contributed by atoms with E-state index in [9.17, 15) is 4.79 Å². The smallest absolute Gasteiger partial charge is 0.260 e. The summed E-state index contributed by atoms with van der Waals surface area (Å²) in [7, 11) is 1.80. The van der Waals surface area contributed by atoms with Crippen LogP contribution in [-0.2, 0) is 11.3 Å². The summed E-state index contributed by atoms with van der Waals surface area (Å²) < 4.78 is 7.87. The van der Waals surface area contributed by atoms with Crippen molar-refractivity contribution in [3.63, 3.8) is 0 Å². The van der Waals surface area contributed by atoms with E-state index in [0.29, 0.717) is 12.4 Å². The zero-order chi connectivity index (χ0) is 24.9. The lowest BCUT2D eigenvalue weighted by Crippen LogP contribution is -2.47. The highest BCUT2D eigenvalue weighted by molar-refractivity contribution is 5.81. The molecule has 0 atom stereocenters. The first kappa shape index (κ1) is 23.6. The third-order valence-corrected chi connectivity index (χ3v) is 6.65. The normalized spacial score (nSPS) is 13.7. The molecule has 1 aliphatic heterocycles. The van der Waals surface area contributed by atoms with Crippen LogP contribution in [0.2, 0.25) is 0 Å². The number of carbonyl (C=O) groups excluding carboxylic acids is 1. The second-order valence-electron chi connectivity index (χ2n) is 8.99. The van der Waals surface area contributed by atoms with Crippen LogP contribution in [0.1, 0.15) is 5.69 Å². The lowest BCUT2D eigenvalue weighted by atomic mass is 10.2. The van der Waals surface area contributed by atoms with E-state index in [1.54, 1.807) is 18.0 Å². The molecule has 5 rings (SSSR count). The second kappa shape index (κ2) is 10.6. The van der Waals surface area contributed by atoms with Crippen molar-refractivity contribution in [2.75, 3.05) is 56.2 Å². The molecule has 4 heterocycles. The molecule has 1 fully saturated rings. The van der Waals surface area contributed by atoms with Crippen LogP contribution >= 0.6 is 0 Å². The molecule has 0 bridgehead atoms. The zero-order valence-corrected chi connectivity index (χ0v) is 20.7. The van der Waals surface area contributed by atoms with Crippen molar-refractivity contribution in [1.29, 1.82) is 0 Å². The molecule has 0 N–H and O–H groups in total. The highest BCUT2D eigenvalue weighted by atomic mass is 16.5. The Morgan fingerprint density at radius 3 is 2.42 bits per heavy atom. The number of para-hydroxylation sites is 1. The van der Waals surface area contributed by atoms with Crippen LogP contribution in [0, 0.1) is 6.92 Å². The van der Waals surface area contributed by atoms with Crippen molar-refractivity contribution in [3.05, 3.63) is 72.6 Å². The van der Waals surface area contributed by atoms with Gasteiger partial charge in [0.1, 0.15) is 5.82 Å². The number of anilines is 2. The summed E-state index contributed by atoms with van der Waals surface area (Å²) in [4.78, 5) is 23.2. The summed E-state index contributed by atoms with van der Waals surface area (Å²) in [6.45, 7) is 6.76. The Labute approximate surface area is 210 Å². The first-order chi connectivity index (χ1) is 17.6. The topological polar surface area (TPSA) is 79.6 Å². The van der Waals surface area contributed by atoms with E-state index in [1.807, 2.05) is 42.6 Å². The van der Waals surface area contributed by atoms with Crippen molar-refractivity contribution < 1.29 is 9.53 Å². The van der Waals surface area contributed by atoms with Crippen molar-refractivity contribution >= 4 is 28.4 Å². The number of benzene rings is 1. The largest absolute Gasteiger partial charge is 0.466 e. The van der Waals surface area contributed by atoms with Crippen LogP contribution < -0.4 is 14.5 Å².